The van der Waals surface area contributed by atoms with E-state index in [1.165, 1.54) is 0 Å². The second-order valence-corrected chi connectivity index (χ2v) is 4.98. The van der Waals surface area contributed by atoms with E-state index in [1.807, 2.05) is 49.4 Å². The maximum Gasteiger partial charge on any atom is 0.219 e. The first-order valence-electron chi connectivity index (χ1n) is 6.22. The molecule has 0 unspecified atom stereocenters. The second kappa shape index (κ2) is 5.02. The zero-order chi connectivity index (χ0) is 14.1. The van der Waals surface area contributed by atoms with Gasteiger partial charge in [-0.2, -0.15) is 0 Å². The third kappa shape index (κ3) is 2.28. The van der Waals surface area contributed by atoms with E-state index in [9.17, 15) is 0 Å². The lowest BCUT2D eigenvalue weighted by molar-refractivity contribution is 0.468. The van der Waals surface area contributed by atoms with Gasteiger partial charge in [0, 0.05) is 21.9 Å². The number of pyridine rings is 1. The first-order chi connectivity index (χ1) is 9.65. The van der Waals surface area contributed by atoms with Crippen molar-refractivity contribution in [1.82, 2.24) is 4.98 Å². The minimum absolute atomic E-state index is 0.518. The van der Waals surface area contributed by atoms with Crippen molar-refractivity contribution < 1.29 is 4.74 Å². The molecule has 0 radical (unpaired) electrons. The highest BCUT2D eigenvalue weighted by Crippen LogP contribution is 2.33. The first kappa shape index (κ1) is 12.8. The van der Waals surface area contributed by atoms with Crippen LogP contribution in [0.1, 0.15) is 5.56 Å². The zero-order valence-corrected chi connectivity index (χ0v) is 11.7. The summed E-state index contributed by atoms with van der Waals surface area (Å²) in [5.74, 6) is 1.24. The fourth-order valence-corrected chi connectivity index (χ4v) is 2.26. The highest BCUT2D eigenvalue weighted by atomic mass is 35.5. The molecular weight excluding hydrogens is 272 g/mol. The number of fused-ring (bicyclic) bond motifs is 1. The lowest BCUT2D eigenvalue weighted by Gasteiger charge is -2.10. The molecule has 20 heavy (non-hydrogen) atoms. The van der Waals surface area contributed by atoms with Crippen LogP contribution in [0.5, 0.6) is 11.6 Å². The number of anilines is 1. The Morgan fingerprint density at radius 1 is 1.10 bits per heavy atom. The third-order valence-electron chi connectivity index (χ3n) is 3.17. The zero-order valence-electron chi connectivity index (χ0n) is 10.9. The molecule has 0 aliphatic heterocycles. The number of hydrogen-bond donors (Lipinski definition) is 1. The Hall–Kier alpha value is -2.26. The predicted molar refractivity (Wildman–Crippen MR) is 82.4 cm³/mol. The van der Waals surface area contributed by atoms with Crippen LogP contribution in [0.15, 0.2) is 48.7 Å². The van der Waals surface area contributed by atoms with Gasteiger partial charge in [-0.05, 0) is 24.6 Å². The van der Waals surface area contributed by atoms with Gasteiger partial charge in [-0.3, -0.25) is 0 Å². The van der Waals surface area contributed by atoms with E-state index in [-0.39, 0.29) is 0 Å². The van der Waals surface area contributed by atoms with Gasteiger partial charge in [0.05, 0.1) is 11.9 Å². The summed E-state index contributed by atoms with van der Waals surface area (Å²) >= 11 is 6.19. The lowest BCUT2D eigenvalue weighted by atomic mass is 10.1. The molecule has 0 saturated heterocycles. The Labute approximate surface area is 122 Å². The van der Waals surface area contributed by atoms with E-state index >= 15 is 0 Å². The number of ether oxygens (including phenoxy) is 1. The van der Waals surface area contributed by atoms with Crippen molar-refractivity contribution in [3.8, 4) is 11.6 Å². The monoisotopic (exact) mass is 284 g/mol. The van der Waals surface area contributed by atoms with Gasteiger partial charge in [0.25, 0.3) is 0 Å². The Morgan fingerprint density at radius 3 is 2.60 bits per heavy atom. The van der Waals surface area contributed by atoms with Crippen molar-refractivity contribution in [1.29, 1.82) is 0 Å². The van der Waals surface area contributed by atoms with Gasteiger partial charge in [-0.25, -0.2) is 4.98 Å². The Kier molecular flexibility index (Phi) is 3.20. The molecular formula is C16H13ClN2O. The maximum absolute atomic E-state index is 6.19. The molecule has 4 heteroatoms. The van der Waals surface area contributed by atoms with Crippen LogP contribution in [-0.4, -0.2) is 4.98 Å². The summed E-state index contributed by atoms with van der Waals surface area (Å²) in [4.78, 5) is 4.18. The van der Waals surface area contributed by atoms with E-state index in [4.69, 9.17) is 22.1 Å². The van der Waals surface area contributed by atoms with Gasteiger partial charge < -0.3 is 10.5 Å². The molecule has 3 aromatic rings. The Bertz CT molecular complexity index is 787. The number of halogens is 1. The average molecular weight is 285 g/mol. The fourth-order valence-electron chi connectivity index (χ4n) is 2.03. The van der Waals surface area contributed by atoms with Crippen LogP contribution in [0, 0.1) is 6.92 Å². The highest BCUT2D eigenvalue weighted by Gasteiger charge is 2.07. The van der Waals surface area contributed by atoms with Crippen molar-refractivity contribution in [2.24, 2.45) is 0 Å². The Morgan fingerprint density at radius 2 is 1.85 bits per heavy atom. The summed E-state index contributed by atoms with van der Waals surface area (Å²) in [5, 5.41) is 2.62. The molecule has 2 N–H and O–H groups in total. The lowest BCUT2D eigenvalue weighted by Crippen LogP contribution is -1.94. The van der Waals surface area contributed by atoms with Gasteiger partial charge in [0.2, 0.25) is 5.88 Å². The predicted octanol–water partition coefficient (Wildman–Crippen LogP) is 4.57. The van der Waals surface area contributed by atoms with E-state index in [1.54, 1.807) is 6.20 Å². The minimum Gasteiger partial charge on any atom is -0.438 e. The molecule has 1 heterocycles. The number of nitrogens with zero attached hydrogens (tertiary/aromatic N) is 1. The second-order valence-electron chi connectivity index (χ2n) is 4.57. The van der Waals surface area contributed by atoms with Crippen LogP contribution in [-0.2, 0) is 0 Å². The van der Waals surface area contributed by atoms with Gasteiger partial charge in [-0.15, -0.1) is 0 Å². The molecule has 0 bridgehead atoms. The quantitative estimate of drug-likeness (QED) is 0.750. The molecule has 0 aliphatic carbocycles. The molecule has 0 spiro atoms. The van der Waals surface area contributed by atoms with Crippen LogP contribution in [0.4, 0.5) is 5.69 Å². The molecule has 0 aliphatic rings. The van der Waals surface area contributed by atoms with Crippen molar-refractivity contribution in [2.75, 3.05) is 5.73 Å². The van der Waals surface area contributed by atoms with Gasteiger partial charge >= 0.3 is 0 Å². The number of nitrogens with two attached hydrogens (primary N) is 1. The molecule has 0 saturated carbocycles. The van der Waals surface area contributed by atoms with Gasteiger partial charge in [0.1, 0.15) is 5.75 Å². The number of nitrogen functional groups attached to an aromatic ring is 1. The van der Waals surface area contributed by atoms with E-state index in [0.29, 0.717) is 16.6 Å². The Balaban J connectivity index is 2.06. The molecule has 100 valence electrons. The minimum atomic E-state index is 0.518. The molecule has 2 aromatic carbocycles. The van der Waals surface area contributed by atoms with Crippen LogP contribution in [0.25, 0.3) is 10.8 Å². The largest absolute Gasteiger partial charge is 0.438 e. The SMILES string of the molecule is Cc1cc(Oc2ccc(Cl)c3ccccc23)ncc1N. The maximum atomic E-state index is 6.19. The fraction of sp³-hybridized carbons (Fsp3) is 0.0625. The average Bonchev–Trinajstić information content (AvgIpc) is 2.46. The van der Waals surface area contributed by atoms with Crippen molar-refractivity contribution in [3.63, 3.8) is 0 Å². The van der Waals surface area contributed by atoms with Crippen molar-refractivity contribution in [3.05, 3.63) is 59.2 Å². The van der Waals surface area contributed by atoms with Crippen molar-refractivity contribution >= 4 is 28.1 Å². The number of aryl methyl sites for hydroxylation is 1. The summed E-state index contributed by atoms with van der Waals surface area (Å²) < 4.78 is 5.86. The normalized spacial score (nSPS) is 10.7. The van der Waals surface area contributed by atoms with Gasteiger partial charge in [-0.1, -0.05) is 35.9 Å². The first-order valence-corrected chi connectivity index (χ1v) is 6.60. The molecule has 3 rings (SSSR count). The van der Waals surface area contributed by atoms with Crippen LogP contribution in [0.2, 0.25) is 5.02 Å². The number of rotatable bonds is 2. The summed E-state index contributed by atoms with van der Waals surface area (Å²) in [5.41, 5.74) is 7.35. The molecule has 0 amide bonds. The smallest absolute Gasteiger partial charge is 0.219 e. The molecule has 0 fully saturated rings. The third-order valence-corrected chi connectivity index (χ3v) is 3.50. The molecule has 1 aromatic heterocycles. The standard InChI is InChI=1S/C16H13ClN2O/c1-10-8-16(19-9-14(10)18)20-15-7-6-13(17)11-4-2-3-5-12(11)15/h2-9H,18H2,1H3. The summed E-state index contributed by atoms with van der Waals surface area (Å²) in [6.45, 7) is 1.92. The summed E-state index contributed by atoms with van der Waals surface area (Å²) in [6.07, 6.45) is 1.60. The number of benzene rings is 2. The van der Waals surface area contributed by atoms with Crippen LogP contribution < -0.4 is 10.5 Å². The van der Waals surface area contributed by atoms with E-state index in [2.05, 4.69) is 4.98 Å². The van der Waals surface area contributed by atoms with E-state index < -0.39 is 0 Å². The number of hydrogen-bond acceptors (Lipinski definition) is 3. The van der Waals surface area contributed by atoms with Crippen molar-refractivity contribution in [2.45, 2.75) is 6.92 Å². The summed E-state index contributed by atoms with van der Waals surface area (Å²) in [6, 6.07) is 13.3. The topological polar surface area (TPSA) is 48.1 Å². The van der Waals surface area contributed by atoms with Crippen LogP contribution in [0.3, 0.4) is 0 Å². The summed E-state index contributed by atoms with van der Waals surface area (Å²) in [7, 11) is 0. The molecule has 0 atom stereocenters. The van der Waals surface area contributed by atoms with E-state index in [0.717, 1.165) is 22.1 Å². The molecule has 3 nitrogen and oxygen atoms in total. The number of aromatic nitrogens is 1. The van der Waals surface area contributed by atoms with Crippen LogP contribution >= 0.6 is 11.6 Å². The highest BCUT2D eigenvalue weighted by molar-refractivity contribution is 6.35. The van der Waals surface area contributed by atoms with Gasteiger partial charge in [0.15, 0.2) is 0 Å².